The van der Waals surface area contributed by atoms with Crippen LogP contribution in [-0.2, 0) is 32.0 Å². The van der Waals surface area contributed by atoms with Gasteiger partial charge in [0, 0.05) is 65.0 Å². The number of carbonyl (C=O) groups is 4. The van der Waals surface area contributed by atoms with Crippen molar-refractivity contribution in [3.63, 3.8) is 0 Å². The monoisotopic (exact) mass is 793 g/mol. The lowest BCUT2D eigenvalue weighted by Gasteiger charge is -2.30. The zero-order chi connectivity index (χ0) is 36.5. The third-order valence-electron chi connectivity index (χ3n) is 9.20. The summed E-state index contributed by atoms with van der Waals surface area (Å²) in [4.78, 5) is 53.0. The molecule has 3 rings (SSSR count). The smallest absolute Gasteiger partial charge is 0.303 e. The molecule has 0 unspecified atom stereocenters. The van der Waals surface area contributed by atoms with Gasteiger partial charge in [-0.05, 0) is 81.0 Å². The number of hydrogen-bond donors (Lipinski definition) is 1. The van der Waals surface area contributed by atoms with Crippen molar-refractivity contribution in [3.05, 3.63) is 69.2 Å². The maximum atomic E-state index is 13.5. The van der Waals surface area contributed by atoms with Crippen LogP contribution in [0.25, 0.3) is 0 Å². The van der Waals surface area contributed by atoms with E-state index in [0.29, 0.717) is 49.7 Å². The first-order valence-corrected chi connectivity index (χ1v) is 17.9. The summed E-state index contributed by atoms with van der Waals surface area (Å²) < 4.78 is 26.8. The number of carboxylic acid groups (broad SMARTS) is 1. The van der Waals surface area contributed by atoms with E-state index >= 15 is 0 Å². The number of nitrogens with zero attached hydrogens (tertiary/aromatic N) is 3. The molecule has 0 aliphatic carbocycles. The minimum absolute atomic E-state index is 0. The Morgan fingerprint density at radius 1 is 0.725 bits per heavy atom. The SMILES string of the molecule is CC[C@H](CCC(=O)N1CCCCC1)N(C)C(=O)CCc1cccc(F)c1Cl.CC[C@H](CCC(=O)O)N(C)C(=O)CCc1cccc(F)c1Cl.S.S. The van der Waals surface area contributed by atoms with Crippen molar-refractivity contribution in [1.29, 1.82) is 0 Å². The molecule has 1 N–H and O–H groups in total. The van der Waals surface area contributed by atoms with Crippen LogP contribution in [0.5, 0.6) is 0 Å². The van der Waals surface area contributed by atoms with Gasteiger partial charge < -0.3 is 19.8 Å². The van der Waals surface area contributed by atoms with Crippen LogP contribution >= 0.6 is 50.2 Å². The molecule has 2 atom stereocenters. The van der Waals surface area contributed by atoms with E-state index in [4.69, 9.17) is 28.3 Å². The van der Waals surface area contributed by atoms with Crippen molar-refractivity contribution < 1.29 is 33.1 Å². The lowest BCUT2D eigenvalue weighted by atomic mass is 10.0. The number of rotatable bonds is 16. The summed E-state index contributed by atoms with van der Waals surface area (Å²) in [7, 11) is 3.46. The zero-order valence-corrected chi connectivity index (χ0v) is 33.7. The van der Waals surface area contributed by atoms with Gasteiger partial charge in [0.05, 0.1) is 10.0 Å². The molecule has 3 amide bonds. The Labute approximate surface area is 326 Å². The Hall–Kier alpha value is -2.54. The van der Waals surface area contributed by atoms with Crippen LogP contribution in [-0.4, -0.2) is 82.8 Å². The summed E-state index contributed by atoms with van der Waals surface area (Å²) >= 11 is 11.8. The molecule has 1 heterocycles. The van der Waals surface area contributed by atoms with E-state index in [1.165, 1.54) is 18.6 Å². The molecular formula is C37H55Cl2F2N3O5S2. The van der Waals surface area contributed by atoms with E-state index in [-0.39, 0.29) is 86.1 Å². The standard InChI is InChI=1S/C21H30ClFN2O2.C16H21ClFNO3.2H2S/c1-3-17(11-13-20(27)25-14-5-4-6-15-25)24(2)19(26)12-10-16-8-7-9-18(23)21(16)22;1-3-12(8-10-15(21)22)19(2)14(20)9-7-11-5-4-6-13(18)16(11)17;;/h7-9,17H,3-6,10-15H2,1-2H3;4-6,12H,3,7-10H2,1-2H3,(H,21,22);2*1H2/t17-;12-;;/m11../s1. The van der Waals surface area contributed by atoms with Gasteiger partial charge in [-0.15, -0.1) is 0 Å². The number of hydrogen-bond acceptors (Lipinski definition) is 4. The van der Waals surface area contributed by atoms with Crippen LogP contribution in [0.4, 0.5) is 8.78 Å². The average molecular weight is 795 g/mol. The highest BCUT2D eigenvalue weighted by atomic mass is 35.5. The van der Waals surface area contributed by atoms with Gasteiger partial charge >= 0.3 is 5.97 Å². The molecule has 0 spiro atoms. The second-order valence-corrected chi connectivity index (χ2v) is 13.2. The fourth-order valence-corrected chi connectivity index (χ4v) is 6.39. The van der Waals surface area contributed by atoms with Crippen molar-refractivity contribution in [2.45, 2.75) is 109 Å². The molecule has 14 heteroatoms. The van der Waals surface area contributed by atoms with Crippen LogP contribution < -0.4 is 0 Å². The first-order valence-electron chi connectivity index (χ1n) is 17.2. The van der Waals surface area contributed by atoms with Gasteiger partial charge in [0.2, 0.25) is 17.7 Å². The summed E-state index contributed by atoms with van der Waals surface area (Å²) in [5.74, 6) is -1.73. The molecule has 1 aliphatic heterocycles. The predicted molar refractivity (Wildman–Crippen MR) is 210 cm³/mol. The van der Waals surface area contributed by atoms with Crippen molar-refractivity contribution in [1.82, 2.24) is 14.7 Å². The number of aliphatic carboxylic acids is 1. The summed E-state index contributed by atoms with van der Waals surface area (Å²) in [6, 6.07) is 9.12. The first kappa shape index (κ1) is 48.5. The molecule has 0 radical (unpaired) electrons. The van der Waals surface area contributed by atoms with Gasteiger partial charge in [-0.1, -0.05) is 61.3 Å². The molecule has 1 aliphatic rings. The maximum Gasteiger partial charge on any atom is 0.303 e. The largest absolute Gasteiger partial charge is 0.481 e. The predicted octanol–water partition coefficient (Wildman–Crippen LogP) is 8.18. The van der Waals surface area contributed by atoms with E-state index in [2.05, 4.69) is 0 Å². The van der Waals surface area contributed by atoms with Crippen molar-refractivity contribution in [3.8, 4) is 0 Å². The number of amides is 3. The Balaban J connectivity index is 0.000000963. The normalized spacial score (nSPS) is 13.4. The average Bonchev–Trinajstić information content (AvgIpc) is 3.10. The van der Waals surface area contributed by atoms with Gasteiger partial charge in [0.25, 0.3) is 0 Å². The van der Waals surface area contributed by atoms with Gasteiger partial charge in [0.15, 0.2) is 0 Å². The lowest BCUT2D eigenvalue weighted by Crippen LogP contribution is -2.39. The molecule has 8 nitrogen and oxygen atoms in total. The minimum atomic E-state index is -0.870. The number of likely N-dealkylation sites (tertiary alicyclic amines) is 1. The van der Waals surface area contributed by atoms with E-state index in [1.807, 2.05) is 18.7 Å². The second kappa shape index (κ2) is 25.4. The maximum absolute atomic E-state index is 13.5. The Morgan fingerprint density at radius 3 is 1.53 bits per heavy atom. The molecular weight excluding hydrogens is 739 g/mol. The number of piperidine rings is 1. The lowest BCUT2D eigenvalue weighted by molar-refractivity contribution is -0.139. The highest BCUT2D eigenvalue weighted by molar-refractivity contribution is 7.59. The third-order valence-corrected chi connectivity index (χ3v) is 10.0. The van der Waals surface area contributed by atoms with Crippen LogP contribution in [0.1, 0.15) is 95.6 Å². The zero-order valence-electron chi connectivity index (χ0n) is 30.2. The quantitative estimate of drug-likeness (QED) is 0.185. The van der Waals surface area contributed by atoms with Crippen LogP contribution in [0.15, 0.2) is 36.4 Å². The van der Waals surface area contributed by atoms with Gasteiger partial charge in [0.1, 0.15) is 11.6 Å². The topological polar surface area (TPSA) is 98.2 Å². The van der Waals surface area contributed by atoms with Crippen LogP contribution in [0.3, 0.4) is 0 Å². The number of benzene rings is 2. The molecule has 1 saturated heterocycles. The minimum Gasteiger partial charge on any atom is -0.481 e. The van der Waals surface area contributed by atoms with Crippen molar-refractivity contribution in [2.75, 3.05) is 27.2 Å². The summed E-state index contributed by atoms with van der Waals surface area (Å²) in [6.07, 6.45) is 7.73. The number of carbonyl (C=O) groups excluding carboxylic acids is 3. The molecule has 51 heavy (non-hydrogen) atoms. The Kier molecular flexibility index (Phi) is 24.2. The molecule has 0 bridgehead atoms. The Bertz CT molecular complexity index is 1400. The fraction of sp³-hybridized carbons (Fsp3) is 0.568. The van der Waals surface area contributed by atoms with Crippen LogP contribution in [0.2, 0.25) is 10.0 Å². The van der Waals surface area contributed by atoms with Crippen LogP contribution in [0, 0.1) is 11.6 Å². The van der Waals surface area contributed by atoms with E-state index in [9.17, 15) is 28.0 Å². The molecule has 0 saturated carbocycles. The fourth-order valence-electron chi connectivity index (χ4n) is 5.95. The summed E-state index contributed by atoms with van der Waals surface area (Å²) in [5, 5.41) is 8.87. The molecule has 2 aromatic rings. The number of aryl methyl sites for hydroxylation is 2. The van der Waals surface area contributed by atoms with Gasteiger partial charge in [-0.25, -0.2) is 8.78 Å². The third kappa shape index (κ3) is 16.3. The molecule has 1 fully saturated rings. The molecule has 2 aromatic carbocycles. The van der Waals surface area contributed by atoms with Crippen molar-refractivity contribution >= 4 is 73.9 Å². The highest BCUT2D eigenvalue weighted by Crippen LogP contribution is 2.23. The van der Waals surface area contributed by atoms with E-state index in [1.54, 1.807) is 48.2 Å². The van der Waals surface area contributed by atoms with Gasteiger partial charge in [-0.3, -0.25) is 19.2 Å². The van der Waals surface area contributed by atoms with E-state index < -0.39 is 17.6 Å². The molecule has 288 valence electrons. The van der Waals surface area contributed by atoms with E-state index in [0.717, 1.165) is 32.4 Å². The van der Waals surface area contributed by atoms with Gasteiger partial charge in [-0.2, -0.15) is 27.0 Å². The van der Waals surface area contributed by atoms with Crippen molar-refractivity contribution in [2.24, 2.45) is 0 Å². The summed E-state index contributed by atoms with van der Waals surface area (Å²) in [6.45, 7) is 5.67. The summed E-state index contributed by atoms with van der Waals surface area (Å²) in [5.41, 5.74) is 1.24. The second-order valence-electron chi connectivity index (χ2n) is 12.5. The number of halogens is 4. The Morgan fingerprint density at radius 2 is 1.14 bits per heavy atom. The molecule has 0 aromatic heterocycles. The number of carboxylic acids is 1. The first-order chi connectivity index (χ1) is 23.3. The highest BCUT2D eigenvalue weighted by Gasteiger charge is 2.23.